The van der Waals surface area contributed by atoms with Crippen molar-refractivity contribution < 1.29 is 14.3 Å². The number of carbonyl (C=O) groups is 2. The fourth-order valence-corrected chi connectivity index (χ4v) is 7.33. The normalized spacial score (nSPS) is 50.6. The topological polar surface area (TPSA) is 43.4 Å². The Bertz CT molecular complexity index is 555. The Morgan fingerprint density at radius 3 is 2.58 bits per heavy atom. The average Bonchev–Trinajstić information content (AvgIpc) is 2.83. The van der Waals surface area contributed by atoms with E-state index >= 15 is 0 Å². The van der Waals surface area contributed by atoms with Crippen molar-refractivity contribution in [3.63, 3.8) is 0 Å². The number of ketones is 1. The third-order valence-corrected chi connectivity index (χ3v) is 8.66. The molecule has 0 N–H and O–H groups in total. The minimum absolute atomic E-state index is 0.0146. The summed E-state index contributed by atoms with van der Waals surface area (Å²) in [6.45, 7) is 6.30. The highest BCUT2D eigenvalue weighted by Gasteiger charge is 2.60. The Labute approximate surface area is 145 Å². The highest BCUT2D eigenvalue weighted by atomic mass is 16.5. The molecule has 0 spiro atoms. The number of ether oxygens (including phenoxy) is 1. The largest absolute Gasteiger partial charge is 0.463 e. The molecule has 134 valence electrons. The van der Waals surface area contributed by atoms with E-state index < -0.39 is 0 Å². The third kappa shape index (κ3) is 2.29. The molecular formula is C21H32O3. The predicted octanol–water partition coefficient (Wildman–Crippen LogP) is 4.53. The van der Waals surface area contributed by atoms with Crippen LogP contribution in [0.3, 0.4) is 0 Å². The second kappa shape index (κ2) is 5.57. The van der Waals surface area contributed by atoms with E-state index in [1.165, 1.54) is 32.6 Å². The van der Waals surface area contributed by atoms with E-state index in [0.717, 1.165) is 43.9 Å². The van der Waals surface area contributed by atoms with Crippen molar-refractivity contribution in [3.8, 4) is 0 Å². The van der Waals surface area contributed by atoms with Crippen LogP contribution in [-0.2, 0) is 14.3 Å². The van der Waals surface area contributed by atoms with Gasteiger partial charge in [0.05, 0.1) is 0 Å². The molecule has 0 saturated heterocycles. The fourth-order valence-electron chi connectivity index (χ4n) is 7.33. The maximum atomic E-state index is 12.5. The minimum atomic E-state index is -0.129. The van der Waals surface area contributed by atoms with Gasteiger partial charge in [0, 0.05) is 18.8 Å². The van der Waals surface area contributed by atoms with Crippen LogP contribution in [0.25, 0.3) is 0 Å². The van der Waals surface area contributed by atoms with E-state index in [9.17, 15) is 9.59 Å². The summed E-state index contributed by atoms with van der Waals surface area (Å²) >= 11 is 0. The van der Waals surface area contributed by atoms with Gasteiger partial charge in [0.2, 0.25) is 0 Å². The number of Topliss-reactive ketones (excluding diaryl/α,β-unsaturated/α-hetero) is 1. The summed E-state index contributed by atoms with van der Waals surface area (Å²) in [6, 6.07) is 0. The molecule has 0 aliphatic heterocycles. The molecule has 0 amide bonds. The Kier molecular flexibility index (Phi) is 3.85. The zero-order valence-electron chi connectivity index (χ0n) is 15.5. The molecule has 3 nitrogen and oxygen atoms in total. The van der Waals surface area contributed by atoms with E-state index in [2.05, 4.69) is 13.8 Å². The summed E-state index contributed by atoms with van der Waals surface area (Å²) in [5.41, 5.74) is 0.381. The van der Waals surface area contributed by atoms with E-state index in [4.69, 9.17) is 4.74 Å². The molecular weight excluding hydrogens is 300 g/mol. The van der Waals surface area contributed by atoms with Gasteiger partial charge in [-0.05, 0) is 80.5 Å². The standard InChI is InChI=1S/C21H32O3/c1-13(22)24-15-8-10-20(2)14(12-15)4-5-16-17-6-7-19(23)21(17,3)11-9-18(16)20/h14-18H,4-12H2,1-3H3/t14-,15-,16+,17-,18+,20+,21-/m1/s1. The van der Waals surface area contributed by atoms with Crippen LogP contribution in [0, 0.1) is 34.5 Å². The molecule has 24 heavy (non-hydrogen) atoms. The second-order valence-electron chi connectivity index (χ2n) is 9.58. The van der Waals surface area contributed by atoms with Gasteiger partial charge < -0.3 is 4.74 Å². The summed E-state index contributed by atoms with van der Waals surface area (Å²) < 4.78 is 5.54. The van der Waals surface area contributed by atoms with Gasteiger partial charge in [-0.3, -0.25) is 9.59 Å². The number of esters is 1. The number of fused-ring (bicyclic) bond motifs is 5. The minimum Gasteiger partial charge on any atom is -0.463 e. The van der Waals surface area contributed by atoms with Crippen LogP contribution in [0.1, 0.15) is 78.6 Å². The molecule has 0 bridgehead atoms. The van der Waals surface area contributed by atoms with Gasteiger partial charge in [-0.15, -0.1) is 0 Å². The lowest BCUT2D eigenvalue weighted by atomic mass is 9.45. The van der Waals surface area contributed by atoms with Crippen LogP contribution < -0.4 is 0 Å². The smallest absolute Gasteiger partial charge is 0.302 e. The van der Waals surface area contributed by atoms with Crippen molar-refractivity contribution in [1.29, 1.82) is 0 Å². The van der Waals surface area contributed by atoms with Crippen molar-refractivity contribution >= 4 is 11.8 Å². The van der Waals surface area contributed by atoms with E-state index in [0.29, 0.717) is 23.0 Å². The first-order chi connectivity index (χ1) is 11.3. The molecule has 4 saturated carbocycles. The Balaban J connectivity index is 1.54. The van der Waals surface area contributed by atoms with Crippen LogP contribution in [0.4, 0.5) is 0 Å². The van der Waals surface area contributed by atoms with Crippen LogP contribution in [0.5, 0.6) is 0 Å². The summed E-state index contributed by atoms with van der Waals surface area (Å²) in [5, 5.41) is 0. The molecule has 4 fully saturated rings. The van der Waals surface area contributed by atoms with Crippen LogP contribution in [0.2, 0.25) is 0 Å². The highest BCUT2D eigenvalue weighted by molar-refractivity contribution is 5.87. The number of hydrogen-bond donors (Lipinski definition) is 0. The summed E-state index contributed by atoms with van der Waals surface area (Å²) in [5.74, 6) is 3.26. The Morgan fingerprint density at radius 2 is 1.83 bits per heavy atom. The molecule has 0 aromatic heterocycles. The number of carbonyl (C=O) groups excluding carboxylic acids is 2. The monoisotopic (exact) mass is 332 g/mol. The molecule has 4 aliphatic rings. The summed E-state index contributed by atoms with van der Waals surface area (Å²) in [6.07, 6.45) is 10.2. The lowest BCUT2D eigenvalue weighted by Crippen LogP contribution is -2.54. The van der Waals surface area contributed by atoms with Gasteiger partial charge in [0.1, 0.15) is 11.9 Å². The van der Waals surface area contributed by atoms with Gasteiger partial charge in [-0.25, -0.2) is 0 Å². The summed E-state index contributed by atoms with van der Waals surface area (Å²) in [7, 11) is 0. The molecule has 0 unspecified atom stereocenters. The lowest BCUT2D eigenvalue weighted by Gasteiger charge is -2.60. The maximum absolute atomic E-state index is 12.5. The fraction of sp³-hybridized carbons (Fsp3) is 0.905. The van der Waals surface area contributed by atoms with Crippen molar-refractivity contribution in [2.75, 3.05) is 0 Å². The lowest BCUT2D eigenvalue weighted by molar-refractivity contribution is -0.160. The first-order valence-electron chi connectivity index (χ1n) is 10.0. The average molecular weight is 332 g/mol. The SMILES string of the molecule is CC(=O)O[C@@H]1CC[C@@]2(C)[C@H](CC[C@H]3[C@H]4CCC(=O)[C@]4(C)CC[C@@H]32)C1. The van der Waals surface area contributed by atoms with Gasteiger partial charge >= 0.3 is 5.97 Å². The molecule has 4 aliphatic carbocycles. The van der Waals surface area contributed by atoms with E-state index in [1.807, 2.05) is 0 Å². The van der Waals surface area contributed by atoms with Crippen LogP contribution in [-0.4, -0.2) is 17.9 Å². The zero-order valence-corrected chi connectivity index (χ0v) is 15.5. The Morgan fingerprint density at radius 1 is 1.04 bits per heavy atom. The second-order valence-corrected chi connectivity index (χ2v) is 9.58. The van der Waals surface area contributed by atoms with Gasteiger partial charge in [0.25, 0.3) is 0 Å². The molecule has 0 heterocycles. The van der Waals surface area contributed by atoms with Crippen LogP contribution in [0.15, 0.2) is 0 Å². The molecule has 7 atom stereocenters. The van der Waals surface area contributed by atoms with Gasteiger partial charge in [-0.1, -0.05) is 13.8 Å². The first kappa shape index (κ1) is 16.6. The molecule has 0 aromatic rings. The zero-order chi connectivity index (χ0) is 17.1. The molecule has 3 heteroatoms. The molecule has 0 radical (unpaired) electrons. The maximum Gasteiger partial charge on any atom is 0.302 e. The van der Waals surface area contributed by atoms with Crippen molar-refractivity contribution in [1.82, 2.24) is 0 Å². The number of rotatable bonds is 1. The molecule has 4 rings (SSSR count). The third-order valence-electron chi connectivity index (χ3n) is 8.66. The van der Waals surface area contributed by atoms with Crippen LogP contribution >= 0.6 is 0 Å². The van der Waals surface area contributed by atoms with E-state index in [-0.39, 0.29) is 17.5 Å². The quantitative estimate of drug-likeness (QED) is 0.663. The Hall–Kier alpha value is -0.860. The first-order valence-corrected chi connectivity index (χ1v) is 10.0. The van der Waals surface area contributed by atoms with Crippen molar-refractivity contribution in [2.24, 2.45) is 34.5 Å². The van der Waals surface area contributed by atoms with Gasteiger partial charge in [0.15, 0.2) is 0 Å². The van der Waals surface area contributed by atoms with E-state index in [1.54, 1.807) is 0 Å². The summed E-state index contributed by atoms with van der Waals surface area (Å²) in [4.78, 5) is 23.8. The van der Waals surface area contributed by atoms with Crippen molar-refractivity contribution in [2.45, 2.75) is 84.7 Å². The predicted molar refractivity (Wildman–Crippen MR) is 92.3 cm³/mol. The van der Waals surface area contributed by atoms with Gasteiger partial charge in [-0.2, -0.15) is 0 Å². The number of hydrogen-bond acceptors (Lipinski definition) is 3. The molecule has 0 aromatic carbocycles. The highest BCUT2D eigenvalue weighted by Crippen LogP contribution is 2.65. The van der Waals surface area contributed by atoms with Crippen molar-refractivity contribution in [3.05, 3.63) is 0 Å².